The van der Waals surface area contributed by atoms with E-state index in [2.05, 4.69) is 5.32 Å². The first kappa shape index (κ1) is 16.6. The van der Waals surface area contributed by atoms with Crippen LogP contribution in [0.5, 0.6) is 5.75 Å². The Morgan fingerprint density at radius 3 is 2.32 bits per heavy atom. The summed E-state index contributed by atoms with van der Waals surface area (Å²) in [6, 6.07) is 5.04. The molecule has 0 radical (unpaired) electrons. The van der Waals surface area contributed by atoms with Gasteiger partial charge in [-0.15, -0.1) is 0 Å². The maximum absolute atomic E-state index is 11.9. The van der Waals surface area contributed by atoms with Crippen molar-refractivity contribution in [3.8, 4) is 5.75 Å². The summed E-state index contributed by atoms with van der Waals surface area (Å²) in [5.41, 5.74) is 6.45. The summed E-state index contributed by atoms with van der Waals surface area (Å²) in [4.78, 5) is 11.9. The number of nitrogens with two attached hydrogens (primary N) is 1. The third-order valence-electron chi connectivity index (χ3n) is 4.14. The topological polar surface area (TPSA) is 84.6 Å². The van der Waals surface area contributed by atoms with E-state index in [0.717, 1.165) is 18.4 Å². The minimum absolute atomic E-state index is 0.214. The van der Waals surface area contributed by atoms with Crippen molar-refractivity contribution in [1.29, 1.82) is 0 Å². The highest BCUT2D eigenvalue weighted by Gasteiger charge is 2.55. The van der Waals surface area contributed by atoms with Crippen LogP contribution in [-0.4, -0.2) is 22.3 Å². The molecule has 0 saturated heterocycles. The second kappa shape index (κ2) is 5.16. The number of hydrogen-bond acceptors (Lipinski definition) is 4. The van der Waals surface area contributed by atoms with Crippen LogP contribution in [0.1, 0.15) is 53.0 Å². The molecule has 1 fully saturated rings. The summed E-state index contributed by atoms with van der Waals surface area (Å²) in [6.45, 7) is 9.36. The van der Waals surface area contributed by atoms with E-state index in [4.69, 9.17) is 10.5 Å². The third-order valence-corrected chi connectivity index (χ3v) is 4.14. The van der Waals surface area contributed by atoms with Crippen molar-refractivity contribution < 1.29 is 14.6 Å². The first-order valence-corrected chi connectivity index (χ1v) is 7.57. The van der Waals surface area contributed by atoms with Gasteiger partial charge < -0.3 is 15.6 Å². The van der Waals surface area contributed by atoms with Crippen molar-refractivity contribution in [3.63, 3.8) is 0 Å². The Balaban J connectivity index is 2.24. The lowest BCUT2D eigenvalue weighted by Gasteiger charge is -2.32. The fraction of sp³-hybridized carbons (Fsp3) is 0.588. The molecular weight excluding hydrogens is 280 g/mol. The van der Waals surface area contributed by atoms with Crippen LogP contribution in [0.15, 0.2) is 18.2 Å². The standard InChI is InChI=1S/C17H26N2O3/c1-15(2,3)22-14(21)19-11-6-7-13(20)12(10-11)17(8-9-17)16(4,5)18/h6-7,10,20H,8-9,18H2,1-5H3,(H,19,21). The van der Waals surface area contributed by atoms with Crippen molar-refractivity contribution in [3.05, 3.63) is 23.8 Å². The number of benzene rings is 1. The summed E-state index contributed by atoms with van der Waals surface area (Å²) >= 11 is 0. The molecule has 1 aromatic rings. The molecule has 1 aliphatic rings. The van der Waals surface area contributed by atoms with Gasteiger partial charge in [0.25, 0.3) is 0 Å². The molecule has 1 aromatic carbocycles. The highest BCUT2D eigenvalue weighted by molar-refractivity contribution is 5.85. The van der Waals surface area contributed by atoms with Gasteiger partial charge in [-0.05, 0) is 65.7 Å². The number of phenols is 1. The first-order valence-electron chi connectivity index (χ1n) is 7.57. The van der Waals surface area contributed by atoms with Crippen LogP contribution in [0.2, 0.25) is 0 Å². The second-order valence-electron chi connectivity index (χ2n) is 7.66. The summed E-state index contributed by atoms with van der Waals surface area (Å²) < 4.78 is 5.24. The number of amides is 1. The zero-order valence-corrected chi connectivity index (χ0v) is 14.0. The maximum Gasteiger partial charge on any atom is 0.412 e. The predicted octanol–water partition coefficient (Wildman–Crippen LogP) is 3.51. The number of rotatable bonds is 3. The minimum atomic E-state index is -0.555. The van der Waals surface area contributed by atoms with Gasteiger partial charge in [0, 0.05) is 22.2 Å². The van der Waals surface area contributed by atoms with Gasteiger partial charge in [0.2, 0.25) is 0 Å². The molecule has 5 nitrogen and oxygen atoms in total. The Morgan fingerprint density at radius 1 is 1.27 bits per heavy atom. The Morgan fingerprint density at radius 2 is 1.86 bits per heavy atom. The number of anilines is 1. The molecule has 22 heavy (non-hydrogen) atoms. The summed E-state index contributed by atoms with van der Waals surface area (Å²) in [5.74, 6) is 0.214. The molecule has 2 rings (SSSR count). The summed E-state index contributed by atoms with van der Waals surface area (Å²) in [5, 5.41) is 12.9. The summed E-state index contributed by atoms with van der Waals surface area (Å²) in [7, 11) is 0. The molecule has 5 heteroatoms. The zero-order chi connectivity index (χ0) is 16.8. The Kier molecular flexibility index (Phi) is 3.90. The monoisotopic (exact) mass is 306 g/mol. The molecule has 1 aliphatic carbocycles. The van der Waals surface area contributed by atoms with E-state index in [0.29, 0.717) is 5.69 Å². The van der Waals surface area contributed by atoms with E-state index in [9.17, 15) is 9.90 Å². The number of carbonyl (C=O) groups excluding carboxylic acids is 1. The first-order chi connectivity index (χ1) is 9.95. The predicted molar refractivity (Wildman–Crippen MR) is 87.1 cm³/mol. The van der Waals surface area contributed by atoms with E-state index in [1.165, 1.54) is 0 Å². The quantitative estimate of drug-likeness (QED) is 0.746. The van der Waals surface area contributed by atoms with E-state index >= 15 is 0 Å². The van der Waals surface area contributed by atoms with Gasteiger partial charge >= 0.3 is 6.09 Å². The normalized spacial score (nSPS) is 17.0. The van der Waals surface area contributed by atoms with Gasteiger partial charge in [-0.25, -0.2) is 4.79 Å². The van der Waals surface area contributed by atoms with Crippen LogP contribution < -0.4 is 11.1 Å². The molecule has 0 aromatic heterocycles. The molecular formula is C17H26N2O3. The van der Waals surface area contributed by atoms with Crippen molar-refractivity contribution >= 4 is 11.8 Å². The van der Waals surface area contributed by atoms with Gasteiger partial charge in [-0.1, -0.05) is 0 Å². The molecule has 4 N–H and O–H groups in total. The van der Waals surface area contributed by atoms with Crippen molar-refractivity contribution in [2.24, 2.45) is 5.73 Å². The molecule has 1 saturated carbocycles. The number of phenolic OH excluding ortho intramolecular Hbond substituents is 1. The zero-order valence-electron chi connectivity index (χ0n) is 14.0. The Labute approximate surface area is 131 Å². The molecule has 0 unspecified atom stereocenters. The number of carbonyl (C=O) groups is 1. The van der Waals surface area contributed by atoms with Crippen LogP contribution >= 0.6 is 0 Å². The van der Waals surface area contributed by atoms with Gasteiger partial charge in [0.15, 0.2) is 0 Å². The molecule has 0 spiro atoms. The number of aromatic hydroxyl groups is 1. The molecule has 122 valence electrons. The fourth-order valence-corrected chi connectivity index (χ4v) is 2.80. The maximum atomic E-state index is 11.9. The number of nitrogens with one attached hydrogen (secondary N) is 1. The van der Waals surface area contributed by atoms with Gasteiger partial charge in [-0.2, -0.15) is 0 Å². The Bertz CT molecular complexity index is 579. The molecule has 0 bridgehead atoms. The number of hydrogen-bond donors (Lipinski definition) is 3. The van der Waals surface area contributed by atoms with Gasteiger partial charge in [-0.3, -0.25) is 5.32 Å². The Hall–Kier alpha value is -1.75. The van der Waals surface area contributed by atoms with E-state index < -0.39 is 17.2 Å². The van der Waals surface area contributed by atoms with E-state index in [-0.39, 0.29) is 11.2 Å². The highest BCUT2D eigenvalue weighted by atomic mass is 16.6. The van der Waals surface area contributed by atoms with Crippen LogP contribution in [0.3, 0.4) is 0 Å². The fourth-order valence-electron chi connectivity index (χ4n) is 2.80. The van der Waals surface area contributed by atoms with Gasteiger partial charge in [0.1, 0.15) is 11.4 Å². The molecule has 0 atom stereocenters. The van der Waals surface area contributed by atoms with Gasteiger partial charge in [0.05, 0.1) is 0 Å². The lowest BCUT2D eigenvalue weighted by molar-refractivity contribution is 0.0636. The number of ether oxygens (including phenoxy) is 1. The van der Waals surface area contributed by atoms with Crippen LogP contribution in [0.25, 0.3) is 0 Å². The smallest absolute Gasteiger partial charge is 0.412 e. The largest absolute Gasteiger partial charge is 0.508 e. The lowest BCUT2D eigenvalue weighted by Crippen LogP contribution is -2.45. The minimum Gasteiger partial charge on any atom is -0.508 e. The van der Waals surface area contributed by atoms with Crippen LogP contribution in [-0.2, 0) is 10.2 Å². The third kappa shape index (κ3) is 3.35. The van der Waals surface area contributed by atoms with Crippen molar-refractivity contribution in [1.82, 2.24) is 0 Å². The van der Waals surface area contributed by atoms with E-state index in [1.54, 1.807) is 18.2 Å². The van der Waals surface area contributed by atoms with Crippen LogP contribution in [0.4, 0.5) is 10.5 Å². The van der Waals surface area contributed by atoms with Crippen molar-refractivity contribution in [2.45, 2.75) is 64.0 Å². The van der Waals surface area contributed by atoms with Crippen molar-refractivity contribution in [2.75, 3.05) is 5.32 Å². The molecule has 0 aliphatic heterocycles. The average molecular weight is 306 g/mol. The average Bonchev–Trinajstić information content (AvgIpc) is 3.09. The molecule has 1 amide bonds. The van der Waals surface area contributed by atoms with E-state index in [1.807, 2.05) is 34.6 Å². The summed E-state index contributed by atoms with van der Waals surface area (Å²) in [6.07, 6.45) is 1.35. The second-order valence-corrected chi connectivity index (χ2v) is 7.66. The SMILES string of the molecule is CC(C)(C)OC(=O)Nc1ccc(O)c(C2(C(C)(C)N)CC2)c1. The highest BCUT2D eigenvalue weighted by Crippen LogP contribution is 2.57. The van der Waals surface area contributed by atoms with Crippen LogP contribution in [0, 0.1) is 0 Å². The molecule has 0 heterocycles. The lowest BCUT2D eigenvalue weighted by atomic mass is 9.78.